The molecule has 0 radical (unpaired) electrons. The summed E-state index contributed by atoms with van der Waals surface area (Å²) in [5, 5.41) is 30.7. The van der Waals surface area contributed by atoms with Gasteiger partial charge < -0.3 is 20.1 Å². The molecule has 0 aromatic heterocycles. The molecule has 5 nitrogen and oxygen atoms in total. The van der Waals surface area contributed by atoms with Crippen molar-refractivity contribution in [3.63, 3.8) is 0 Å². The lowest BCUT2D eigenvalue weighted by molar-refractivity contribution is -0.182. The van der Waals surface area contributed by atoms with Crippen molar-refractivity contribution in [2.75, 3.05) is 6.61 Å². The third kappa shape index (κ3) is 2.39. The zero-order chi connectivity index (χ0) is 18.7. The van der Waals surface area contributed by atoms with Crippen molar-refractivity contribution in [2.24, 2.45) is 40.4 Å². The van der Waals surface area contributed by atoms with E-state index in [-0.39, 0.29) is 35.1 Å². The van der Waals surface area contributed by atoms with Gasteiger partial charge in [0, 0.05) is 11.3 Å². The van der Waals surface area contributed by atoms with Crippen LogP contribution in [0.15, 0.2) is 0 Å². The molecular formula is C21H32O5. The second kappa shape index (κ2) is 6.39. The van der Waals surface area contributed by atoms with Gasteiger partial charge in [-0.2, -0.15) is 0 Å². The van der Waals surface area contributed by atoms with E-state index < -0.39 is 24.0 Å². The predicted molar refractivity (Wildman–Crippen MR) is 95.1 cm³/mol. The van der Waals surface area contributed by atoms with Gasteiger partial charge in [0.1, 0.15) is 12.9 Å². The maximum Gasteiger partial charge on any atom is 0.162 e. The average molecular weight is 364 g/mol. The molecule has 0 bridgehead atoms. The molecule has 3 unspecified atom stereocenters. The monoisotopic (exact) mass is 364 g/mol. The van der Waals surface area contributed by atoms with Crippen LogP contribution in [0.1, 0.15) is 58.3 Å². The quantitative estimate of drug-likeness (QED) is 0.663. The fraction of sp³-hybridized carbons (Fsp3) is 0.905. The van der Waals surface area contributed by atoms with Gasteiger partial charge in [0.05, 0.1) is 12.2 Å². The molecule has 4 saturated carbocycles. The Kier molecular flexibility index (Phi) is 4.56. The van der Waals surface area contributed by atoms with E-state index in [2.05, 4.69) is 6.92 Å². The summed E-state index contributed by atoms with van der Waals surface area (Å²) in [5.41, 5.74) is -0.784. The highest BCUT2D eigenvalue weighted by atomic mass is 16.3. The van der Waals surface area contributed by atoms with E-state index in [0.29, 0.717) is 18.8 Å². The SMILES string of the molecule is C[C@]12CCC(O)CC1CC[C@H]1[C@@H]3CC[C@H](C(=O)CO)[C@@]3(C=O)CC(O)[C@@H]12. The molecule has 9 atom stereocenters. The van der Waals surface area contributed by atoms with Crippen LogP contribution in [-0.4, -0.2) is 46.2 Å². The van der Waals surface area contributed by atoms with Crippen LogP contribution in [0.4, 0.5) is 0 Å². The normalized spacial score (nSPS) is 53.3. The number of ketones is 1. The molecule has 4 rings (SSSR count). The average Bonchev–Trinajstić information content (AvgIpc) is 3.00. The summed E-state index contributed by atoms with van der Waals surface area (Å²) in [6.45, 7) is 1.76. The van der Waals surface area contributed by atoms with Crippen LogP contribution in [0.2, 0.25) is 0 Å². The summed E-state index contributed by atoms with van der Waals surface area (Å²) in [4.78, 5) is 24.6. The van der Waals surface area contributed by atoms with Gasteiger partial charge in [-0.3, -0.25) is 4.79 Å². The molecule has 0 aliphatic heterocycles. The van der Waals surface area contributed by atoms with Gasteiger partial charge in [-0.15, -0.1) is 0 Å². The van der Waals surface area contributed by atoms with E-state index >= 15 is 0 Å². The Balaban J connectivity index is 1.69. The minimum absolute atomic E-state index is 0.00960. The molecule has 4 aliphatic carbocycles. The van der Waals surface area contributed by atoms with Crippen molar-refractivity contribution in [1.82, 2.24) is 0 Å². The van der Waals surface area contributed by atoms with Gasteiger partial charge in [-0.05, 0) is 80.5 Å². The first-order chi connectivity index (χ1) is 12.4. The number of carbonyl (C=O) groups excluding carboxylic acids is 2. The summed E-state index contributed by atoms with van der Waals surface area (Å²) in [6.07, 6.45) is 6.51. The summed E-state index contributed by atoms with van der Waals surface area (Å²) in [6, 6.07) is 0. The Hall–Kier alpha value is -0.780. The van der Waals surface area contributed by atoms with Crippen LogP contribution in [-0.2, 0) is 9.59 Å². The molecule has 0 aromatic carbocycles. The van der Waals surface area contributed by atoms with Gasteiger partial charge in [-0.1, -0.05) is 6.92 Å². The molecule has 146 valence electrons. The van der Waals surface area contributed by atoms with Crippen LogP contribution in [0.3, 0.4) is 0 Å². The van der Waals surface area contributed by atoms with Crippen LogP contribution in [0, 0.1) is 40.4 Å². The first kappa shape index (κ1) is 18.6. The Morgan fingerprint density at radius 3 is 2.62 bits per heavy atom. The van der Waals surface area contributed by atoms with E-state index in [1.807, 2.05) is 0 Å². The van der Waals surface area contributed by atoms with Crippen LogP contribution in [0.5, 0.6) is 0 Å². The minimum atomic E-state index is -0.794. The van der Waals surface area contributed by atoms with Gasteiger partial charge in [0.2, 0.25) is 0 Å². The van der Waals surface area contributed by atoms with Crippen LogP contribution < -0.4 is 0 Å². The molecule has 26 heavy (non-hydrogen) atoms. The number of carbonyl (C=O) groups is 2. The lowest BCUT2D eigenvalue weighted by Gasteiger charge is -2.61. The van der Waals surface area contributed by atoms with E-state index in [1.54, 1.807) is 0 Å². The Labute approximate surface area is 155 Å². The van der Waals surface area contributed by atoms with Crippen molar-refractivity contribution >= 4 is 12.1 Å². The number of fused-ring (bicyclic) bond motifs is 5. The Morgan fingerprint density at radius 1 is 1.15 bits per heavy atom. The topological polar surface area (TPSA) is 94.8 Å². The van der Waals surface area contributed by atoms with Gasteiger partial charge in [0.15, 0.2) is 5.78 Å². The lowest BCUT2D eigenvalue weighted by Crippen LogP contribution is -2.60. The molecule has 4 aliphatic rings. The highest BCUT2D eigenvalue weighted by Crippen LogP contribution is 2.67. The summed E-state index contributed by atoms with van der Waals surface area (Å²) < 4.78 is 0. The highest BCUT2D eigenvalue weighted by Gasteiger charge is 2.65. The Morgan fingerprint density at radius 2 is 1.92 bits per heavy atom. The maximum atomic E-state index is 12.3. The molecule has 0 heterocycles. The summed E-state index contributed by atoms with van der Waals surface area (Å²) >= 11 is 0. The van der Waals surface area contributed by atoms with Crippen molar-refractivity contribution in [2.45, 2.75) is 70.5 Å². The number of aldehydes is 1. The Bertz CT molecular complexity index is 591. The molecule has 0 aromatic rings. The van der Waals surface area contributed by atoms with E-state index in [4.69, 9.17) is 0 Å². The van der Waals surface area contributed by atoms with Crippen LogP contribution in [0.25, 0.3) is 0 Å². The smallest absolute Gasteiger partial charge is 0.162 e. The van der Waals surface area contributed by atoms with Crippen molar-refractivity contribution in [3.05, 3.63) is 0 Å². The zero-order valence-electron chi connectivity index (χ0n) is 15.6. The first-order valence-electron chi connectivity index (χ1n) is 10.3. The van der Waals surface area contributed by atoms with Gasteiger partial charge in [0.25, 0.3) is 0 Å². The van der Waals surface area contributed by atoms with Crippen molar-refractivity contribution in [1.29, 1.82) is 0 Å². The van der Waals surface area contributed by atoms with Gasteiger partial charge in [-0.25, -0.2) is 0 Å². The number of hydrogen-bond acceptors (Lipinski definition) is 5. The standard InChI is InChI=1S/C21H32O5/c1-20-7-6-13(24)8-12(20)2-3-14-15-4-5-16(18(26)10-22)21(15,11-23)9-17(25)19(14)20/h11-17,19,22,24-25H,2-10H2,1H3/t12?,13?,14-,15-,16+,17?,19+,20-,21+/m0/s1. The molecule has 4 fully saturated rings. The fourth-order valence-electron chi connectivity index (χ4n) is 7.85. The molecule has 5 heteroatoms. The molecule has 0 amide bonds. The molecule has 0 saturated heterocycles. The summed E-state index contributed by atoms with van der Waals surface area (Å²) in [7, 11) is 0. The third-order valence-corrected chi connectivity index (χ3v) is 8.94. The van der Waals surface area contributed by atoms with E-state index in [9.17, 15) is 24.9 Å². The molecule has 0 spiro atoms. The molecular weight excluding hydrogens is 332 g/mol. The minimum Gasteiger partial charge on any atom is -0.393 e. The van der Waals surface area contributed by atoms with Crippen molar-refractivity contribution < 1.29 is 24.9 Å². The number of Topliss-reactive ketones (excluding diaryl/α,β-unsaturated/α-hetero) is 1. The van der Waals surface area contributed by atoms with Gasteiger partial charge >= 0.3 is 0 Å². The second-order valence-corrected chi connectivity index (χ2v) is 9.76. The number of rotatable bonds is 3. The molecule has 3 N–H and O–H groups in total. The predicted octanol–water partition coefficient (Wildman–Crippen LogP) is 1.72. The zero-order valence-corrected chi connectivity index (χ0v) is 15.6. The van der Waals surface area contributed by atoms with Crippen molar-refractivity contribution in [3.8, 4) is 0 Å². The second-order valence-electron chi connectivity index (χ2n) is 9.76. The first-order valence-corrected chi connectivity index (χ1v) is 10.3. The summed E-state index contributed by atoms with van der Waals surface area (Å²) in [5.74, 6) is 0.294. The maximum absolute atomic E-state index is 12.3. The van der Waals surface area contributed by atoms with E-state index in [1.165, 1.54) is 0 Å². The highest BCUT2D eigenvalue weighted by molar-refractivity contribution is 5.87. The largest absolute Gasteiger partial charge is 0.393 e. The number of hydrogen-bond donors (Lipinski definition) is 3. The van der Waals surface area contributed by atoms with Crippen LogP contribution >= 0.6 is 0 Å². The third-order valence-electron chi connectivity index (χ3n) is 8.94. The lowest BCUT2D eigenvalue weighted by atomic mass is 9.43. The fourth-order valence-corrected chi connectivity index (χ4v) is 7.85. The van der Waals surface area contributed by atoms with E-state index in [0.717, 1.165) is 44.8 Å². The number of aliphatic hydroxyl groups excluding tert-OH is 3. The number of aliphatic hydroxyl groups is 3.